The van der Waals surface area contributed by atoms with Crippen LogP contribution in [0, 0.1) is 28.4 Å². The fraction of sp³-hybridized carbons (Fsp3) is 0.0556. The van der Waals surface area contributed by atoms with Crippen LogP contribution >= 0.6 is 0 Å². The van der Waals surface area contributed by atoms with E-state index < -0.39 is 4.92 Å². The van der Waals surface area contributed by atoms with Gasteiger partial charge in [-0.3, -0.25) is 14.5 Å². The molecule has 0 spiro atoms. The van der Waals surface area contributed by atoms with Gasteiger partial charge in [0, 0.05) is 12.1 Å². The molecule has 0 radical (unpaired) electrons. The number of hydrogen-bond acceptors (Lipinski definition) is 5. The highest BCUT2D eigenvalue weighted by molar-refractivity contribution is 5.85. The molecule has 8 nitrogen and oxygen atoms in total. The molecular formula is C18H12N6O2. The summed E-state index contributed by atoms with van der Waals surface area (Å²) in [7, 11) is 0. The molecule has 26 heavy (non-hydrogen) atoms. The molecule has 0 aliphatic carbocycles. The molecular weight excluding hydrogens is 332 g/mol. The van der Waals surface area contributed by atoms with Gasteiger partial charge >= 0.3 is 0 Å². The SMILES string of the molecule is Cc1nc2n(/N=C\c3ccc([N+](=O)[O-])cc3)c3ccccc3n2c1C#N. The Kier molecular flexibility index (Phi) is 3.48. The summed E-state index contributed by atoms with van der Waals surface area (Å²) in [5.74, 6) is 0.540. The summed E-state index contributed by atoms with van der Waals surface area (Å²) in [6, 6.07) is 15.9. The lowest BCUT2D eigenvalue weighted by Gasteiger charge is -1.97. The summed E-state index contributed by atoms with van der Waals surface area (Å²) in [5.41, 5.74) is 3.49. The van der Waals surface area contributed by atoms with Gasteiger partial charge in [-0.15, -0.1) is 0 Å². The molecule has 0 atom stereocenters. The Morgan fingerprint density at radius 3 is 2.54 bits per heavy atom. The third-order valence-corrected chi connectivity index (χ3v) is 4.11. The number of non-ortho nitro benzene ring substituents is 1. The molecule has 0 aliphatic rings. The van der Waals surface area contributed by atoms with Gasteiger partial charge in [0.05, 0.1) is 27.9 Å². The first kappa shape index (κ1) is 15.5. The fourth-order valence-electron chi connectivity index (χ4n) is 2.88. The van der Waals surface area contributed by atoms with Crippen LogP contribution in [0.25, 0.3) is 16.8 Å². The number of nitrogens with zero attached hydrogens (tertiary/aromatic N) is 6. The number of nitriles is 1. The molecule has 4 rings (SSSR count). The van der Waals surface area contributed by atoms with Crippen LogP contribution in [-0.4, -0.2) is 25.2 Å². The number of nitro groups is 1. The van der Waals surface area contributed by atoms with Crippen molar-refractivity contribution in [3.05, 3.63) is 75.6 Å². The average molecular weight is 344 g/mol. The minimum atomic E-state index is -0.444. The van der Waals surface area contributed by atoms with E-state index in [9.17, 15) is 15.4 Å². The van der Waals surface area contributed by atoms with Crippen LogP contribution in [0.1, 0.15) is 17.0 Å². The molecule has 126 valence electrons. The Hall–Kier alpha value is -3.99. The van der Waals surface area contributed by atoms with Crippen molar-refractivity contribution >= 4 is 28.7 Å². The van der Waals surface area contributed by atoms with Crippen molar-refractivity contribution in [2.24, 2.45) is 5.10 Å². The van der Waals surface area contributed by atoms with Crippen molar-refractivity contribution in [2.75, 3.05) is 0 Å². The zero-order valence-corrected chi connectivity index (χ0v) is 13.7. The minimum Gasteiger partial charge on any atom is -0.266 e. The van der Waals surface area contributed by atoms with Crippen molar-refractivity contribution in [2.45, 2.75) is 6.92 Å². The number of rotatable bonds is 3. The molecule has 0 N–H and O–H groups in total. The van der Waals surface area contributed by atoms with E-state index in [-0.39, 0.29) is 5.69 Å². The molecule has 4 aromatic rings. The Bertz CT molecular complexity index is 1220. The van der Waals surface area contributed by atoms with Crippen molar-refractivity contribution in [1.29, 1.82) is 5.26 Å². The predicted molar refractivity (Wildman–Crippen MR) is 96.2 cm³/mol. The van der Waals surface area contributed by atoms with Crippen LogP contribution in [0.2, 0.25) is 0 Å². The number of aryl methyl sites for hydroxylation is 1. The van der Waals surface area contributed by atoms with E-state index in [2.05, 4.69) is 16.2 Å². The molecule has 0 saturated heterocycles. The highest BCUT2D eigenvalue weighted by Gasteiger charge is 2.17. The molecule has 0 unspecified atom stereocenters. The van der Waals surface area contributed by atoms with E-state index in [0.717, 1.165) is 16.6 Å². The Labute approximate surface area is 147 Å². The second kappa shape index (κ2) is 5.82. The van der Waals surface area contributed by atoms with E-state index in [1.807, 2.05) is 24.3 Å². The number of benzene rings is 2. The molecule has 0 aliphatic heterocycles. The van der Waals surface area contributed by atoms with Gasteiger partial charge in [-0.05, 0) is 36.8 Å². The van der Waals surface area contributed by atoms with Gasteiger partial charge in [-0.25, -0.2) is 4.98 Å². The maximum absolute atomic E-state index is 10.7. The number of para-hydroxylation sites is 2. The van der Waals surface area contributed by atoms with Gasteiger partial charge in [0.25, 0.3) is 5.69 Å². The predicted octanol–water partition coefficient (Wildman–Crippen LogP) is 3.26. The van der Waals surface area contributed by atoms with Crippen molar-refractivity contribution in [1.82, 2.24) is 14.1 Å². The first-order valence-corrected chi connectivity index (χ1v) is 7.77. The maximum atomic E-state index is 10.7. The van der Waals surface area contributed by atoms with Crippen LogP contribution in [-0.2, 0) is 0 Å². The van der Waals surface area contributed by atoms with E-state index in [1.165, 1.54) is 12.1 Å². The number of hydrogen-bond donors (Lipinski definition) is 0. The number of imidazole rings is 2. The molecule has 0 amide bonds. The monoisotopic (exact) mass is 344 g/mol. The van der Waals surface area contributed by atoms with Gasteiger partial charge < -0.3 is 0 Å². The number of nitro benzene ring substituents is 1. The zero-order valence-electron chi connectivity index (χ0n) is 13.7. The Balaban J connectivity index is 1.87. The third-order valence-electron chi connectivity index (χ3n) is 4.11. The molecule has 8 heteroatoms. The van der Waals surface area contributed by atoms with Crippen LogP contribution in [0.15, 0.2) is 53.6 Å². The second-order valence-electron chi connectivity index (χ2n) is 5.69. The van der Waals surface area contributed by atoms with Gasteiger partial charge in [0.1, 0.15) is 11.8 Å². The molecule has 2 aromatic carbocycles. The van der Waals surface area contributed by atoms with Crippen LogP contribution in [0.5, 0.6) is 0 Å². The Morgan fingerprint density at radius 2 is 1.88 bits per heavy atom. The van der Waals surface area contributed by atoms with E-state index >= 15 is 0 Å². The summed E-state index contributed by atoms with van der Waals surface area (Å²) < 4.78 is 3.43. The highest BCUT2D eigenvalue weighted by atomic mass is 16.6. The summed E-state index contributed by atoms with van der Waals surface area (Å²) in [4.78, 5) is 14.8. The normalized spacial score (nSPS) is 11.4. The summed E-state index contributed by atoms with van der Waals surface area (Å²) >= 11 is 0. The lowest BCUT2D eigenvalue weighted by Crippen LogP contribution is -1.93. The lowest BCUT2D eigenvalue weighted by atomic mass is 10.2. The quantitative estimate of drug-likeness (QED) is 0.323. The van der Waals surface area contributed by atoms with Crippen LogP contribution in [0.4, 0.5) is 5.69 Å². The third kappa shape index (κ3) is 2.31. The van der Waals surface area contributed by atoms with Gasteiger partial charge in [0.15, 0.2) is 0 Å². The summed E-state index contributed by atoms with van der Waals surface area (Å²) in [5, 5.41) is 24.7. The van der Waals surface area contributed by atoms with Crippen LogP contribution < -0.4 is 0 Å². The molecule has 2 heterocycles. The van der Waals surface area contributed by atoms with Gasteiger partial charge in [0.2, 0.25) is 5.78 Å². The number of fused-ring (bicyclic) bond motifs is 3. The first-order valence-electron chi connectivity index (χ1n) is 7.77. The van der Waals surface area contributed by atoms with Gasteiger partial charge in [-0.2, -0.15) is 15.0 Å². The summed E-state index contributed by atoms with van der Waals surface area (Å²) in [6.45, 7) is 1.78. The lowest BCUT2D eigenvalue weighted by molar-refractivity contribution is -0.384. The zero-order chi connectivity index (χ0) is 18.3. The summed E-state index contributed by atoms with van der Waals surface area (Å²) in [6.07, 6.45) is 1.60. The second-order valence-corrected chi connectivity index (χ2v) is 5.69. The van der Waals surface area contributed by atoms with E-state index in [1.54, 1.807) is 34.3 Å². The van der Waals surface area contributed by atoms with E-state index in [4.69, 9.17) is 0 Å². The van der Waals surface area contributed by atoms with Crippen molar-refractivity contribution in [3.8, 4) is 6.07 Å². The minimum absolute atomic E-state index is 0.0264. The van der Waals surface area contributed by atoms with E-state index in [0.29, 0.717) is 17.2 Å². The molecule has 0 bridgehead atoms. The number of aromatic nitrogens is 3. The highest BCUT2D eigenvalue weighted by Crippen LogP contribution is 2.23. The fourth-order valence-corrected chi connectivity index (χ4v) is 2.88. The molecule has 2 aromatic heterocycles. The molecule has 0 saturated carbocycles. The first-order chi connectivity index (χ1) is 12.6. The topological polar surface area (TPSA) is 102 Å². The average Bonchev–Trinajstić information content (AvgIpc) is 3.13. The standard InChI is InChI=1S/C18H12N6O2/c1-12-17(10-19)22-15-4-2-3-5-16(15)23(18(22)21-12)20-11-13-6-8-14(9-7-13)24(25)26/h2-9,11H,1H3/b20-11-. The smallest absolute Gasteiger partial charge is 0.266 e. The largest absolute Gasteiger partial charge is 0.269 e. The van der Waals surface area contributed by atoms with Crippen molar-refractivity contribution < 1.29 is 4.92 Å². The van der Waals surface area contributed by atoms with Crippen LogP contribution in [0.3, 0.4) is 0 Å². The van der Waals surface area contributed by atoms with Gasteiger partial charge in [-0.1, -0.05) is 12.1 Å². The molecule has 0 fully saturated rings. The van der Waals surface area contributed by atoms with Crippen molar-refractivity contribution in [3.63, 3.8) is 0 Å². The maximum Gasteiger partial charge on any atom is 0.269 e. The Morgan fingerprint density at radius 1 is 1.19 bits per heavy atom.